The summed E-state index contributed by atoms with van der Waals surface area (Å²) in [6.07, 6.45) is 1.78. The van der Waals surface area contributed by atoms with E-state index in [1.807, 2.05) is 25.2 Å². The molecule has 6 heteroatoms. The lowest BCUT2D eigenvalue weighted by atomic mass is 9.79. The molecule has 0 unspecified atom stereocenters. The van der Waals surface area contributed by atoms with Crippen LogP contribution in [0.25, 0.3) is 0 Å². The summed E-state index contributed by atoms with van der Waals surface area (Å²) in [5, 5.41) is 21.1. The molecule has 0 radical (unpaired) electrons. The third-order valence-corrected chi connectivity index (χ3v) is 6.26. The van der Waals surface area contributed by atoms with Crippen molar-refractivity contribution in [3.8, 4) is 11.5 Å². The lowest BCUT2D eigenvalue weighted by Crippen LogP contribution is -2.21. The van der Waals surface area contributed by atoms with E-state index < -0.39 is 0 Å². The van der Waals surface area contributed by atoms with Gasteiger partial charge in [0.2, 0.25) is 0 Å². The molecule has 2 aromatic carbocycles. The van der Waals surface area contributed by atoms with Crippen LogP contribution < -0.4 is 0 Å². The van der Waals surface area contributed by atoms with E-state index in [1.54, 1.807) is 6.21 Å². The number of hydrogen-bond acceptors (Lipinski definition) is 4. The first kappa shape index (κ1) is 25.9. The van der Waals surface area contributed by atoms with Crippen LogP contribution in [0.4, 0.5) is 0 Å². The summed E-state index contributed by atoms with van der Waals surface area (Å²) >= 11 is 6.84. The van der Waals surface area contributed by atoms with Gasteiger partial charge in [0, 0.05) is 40.5 Å². The largest absolute Gasteiger partial charge is 0.507 e. The monoisotopic (exact) mass is 552 g/mol. The van der Waals surface area contributed by atoms with Crippen molar-refractivity contribution >= 4 is 38.1 Å². The van der Waals surface area contributed by atoms with Crippen LogP contribution in [0, 0.1) is 0 Å². The summed E-state index contributed by atoms with van der Waals surface area (Å²) in [5.41, 5.74) is 3.55. The molecular formula is C25H34Br2N2O2. The van der Waals surface area contributed by atoms with Gasteiger partial charge < -0.3 is 15.1 Å². The van der Waals surface area contributed by atoms with Gasteiger partial charge in [-0.25, -0.2) is 0 Å². The Hall–Kier alpha value is -1.37. The zero-order valence-corrected chi connectivity index (χ0v) is 22.7. The van der Waals surface area contributed by atoms with Gasteiger partial charge in [0.25, 0.3) is 0 Å². The molecular weight excluding hydrogens is 520 g/mol. The van der Waals surface area contributed by atoms with Crippen molar-refractivity contribution in [2.24, 2.45) is 4.99 Å². The molecule has 0 aliphatic carbocycles. The van der Waals surface area contributed by atoms with Crippen molar-refractivity contribution in [2.45, 2.75) is 58.9 Å². The fourth-order valence-electron chi connectivity index (χ4n) is 3.26. The third kappa shape index (κ3) is 7.06. The topological polar surface area (TPSA) is 56.1 Å². The number of rotatable bonds is 6. The van der Waals surface area contributed by atoms with Crippen molar-refractivity contribution < 1.29 is 10.2 Å². The number of phenolic OH excluding ortho intramolecular Hbond substituents is 2. The van der Waals surface area contributed by atoms with Gasteiger partial charge in [-0.2, -0.15) is 0 Å². The summed E-state index contributed by atoms with van der Waals surface area (Å²) in [6.45, 7) is 14.8. The molecule has 0 amide bonds. The second-order valence-corrected chi connectivity index (χ2v) is 11.9. The van der Waals surface area contributed by atoms with E-state index in [1.165, 1.54) is 5.56 Å². The summed E-state index contributed by atoms with van der Waals surface area (Å²) in [5.74, 6) is 0.568. The van der Waals surface area contributed by atoms with E-state index in [2.05, 4.69) is 89.4 Å². The van der Waals surface area contributed by atoms with Crippen molar-refractivity contribution in [3.63, 3.8) is 0 Å². The second-order valence-electron chi connectivity index (χ2n) is 10.1. The number of phenols is 2. The van der Waals surface area contributed by atoms with E-state index in [9.17, 15) is 10.2 Å². The molecule has 0 aliphatic rings. The Morgan fingerprint density at radius 1 is 0.935 bits per heavy atom. The van der Waals surface area contributed by atoms with Crippen molar-refractivity contribution in [1.29, 1.82) is 0 Å². The third-order valence-electron chi connectivity index (χ3n) is 5.20. The first-order chi connectivity index (χ1) is 14.2. The molecule has 31 heavy (non-hydrogen) atoms. The highest BCUT2D eigenvalue weighted by Gasteiger charge is 2.24. The highest BCUT2D eigenvalue weighted by atomic mass is 79.9. The second kappa shape index (κ2) is 10.1. The molecule has 0 atom stereocenters. The van der Waals surface area contributed by atoms with Crippen LogP contribution in [0.5, 0.6) is 11.5 Å². The summed E-state index contributed by atoms with van der Waals surface area (Å²) < 4.78 is 1.59. The molecule has 0 aliphatic heterocycles. The van der Waals surface area contributed by atoms with Crippen molar-refractivity contribution in [3.05, 3.63) is 55.5 Å². The highest BCUT2D eigenvalue weighted by Crippen LogP contribution is 2.37. The molecule has 0 fully saturated rings. The van der Waals surface area contributed by atoms with Gasteiger partial charge >= 0.3 is 0 Å². The van der Waals surface area contributed by atoms with Gasteiger partial charge in [0.15, 0.2) is 0 Å². The first-order valence-electron chi connectivity index (χ1n) is 10.4. The number of likely N-dealkylation sites (N-methyl/N-ethyl adjacent to an activating group) is 1. The average Bonchev–Trinajstić information content (AvgIpc) is 2.62. The predicted molar refractivity (Wildman–Crippen MR) is 138 cm³/mol. The van der Waals surface area contributed by atoms with Crippen molar-refractivity contribution in [1.82, 2.24) is 4.90 Å². The van der Waals surface area contributed by atoms with Crippen LogP contribution in [0.15, 0.2) is 38.2 Å². The molecule has 0 saturated heterocycles. The Bertz CT molecular complexity index is 957. The molecule has 2 N–H and O–H groups in total. The number of halogens is 2. The Balaban J connectivity index is 2.14. The number of aromatic hydroxyl groups is 2. The maximum absolute atomic E-state index is 10.9. The number of nitrogens with zero attached hydrogens (tertiary/aromatic N) is 2. The maximum Gasteiger partial charge on any atom is 0.134 e. The van der Waals surface area contributed by atoms with Crippen LogP contribution in [-0.4, -0.2) is 41.5 Å². The van der Waals surface area contributed by atoms with E-state index in [4.69, 9.17) is 0 Å². The molecule has 4 nitrogen and oxygen atoms in total. The Labute approximate surface area is 203 Å². The molecule has 0 aromatic heterocycles. The lowest BCUT2D eigenvalue weighted by Gasteiger charge is -2.27. The van der Waals surface area contributed by atoms with Crippen LogP contribution in [0.1, 0.15) is 63.8 Å². The highest BCUT2D eigenvalue weighted by molar-refractivity contribution is 9.11. The quantitative estimate of drug-likeness (QED) is 0.388. The number of benzene rings is 2. The Morgan fingerprint density at radius 2 is 1.58 bits per heavy atom. The first-order valence-corrected chi connectivity index (χ1v) is 12.0. The Morgan fingerprint density at radius 3 is 2.16 bits per heavy atom. The fourth-order valence-corrected chi connectivity index (χ4v) is 4.57. The summed E-state index contributed by atoms with van der Waals surface area (Å²) in [4.78, 5) is 6.69. The van der Waals surface area contributed by atoms with Crippen molar-refractivity contribution in [2.75, 3.05) is 20.1 Å². The van der Waals surface area contributed by atoms with Gasteiger partial charge in [0.1, 0.15) is 11.5 Å². The Kier molecular flexibility index (Phi) is 8.39. The molecule has 0 bridgehead atoms. The standard InChI is InChI=1S/C25H34Br2N2O2/c1-24(2,3)18-10-16(22(30)20(12-18)25(4,5)6)14-28-8-9-29(7)15-17-11-19(26)13-21(27)23(17)31/h10-14,30-31H,8-9,15H2,1-7H3. The molecule has 2 aromatic rings. The van der Waals surface area contributed by atoms with E-state index >= 15 is 0 Å². The summed E-state index contributed by atoms with van der Waals surface area (Å²) in [6, 6.07) is 7.90. The normalized spacial score (nSPS) is 12.8. The van der Waals surface area contributed by atoms with E-state index in [0.717, 1.165) is 27.7 Å². The van der Waals surface area contributed by atoms with Gasteiger partial charge in [-0.3, -0.25) is 4.99 Å². The van der Waals surface area contributed by atoms with Gasteiger partial charge in [-0.15, -0.1) is 0 Å². The van der Waals surface area contributed by atoms with Crippen LogP contribution >= 0.6 is 31.9 Å². The van der Waals surface area contributed by atoms with Gasteiger partial charge in [-0.1, -0.05) is 63.5 Å². The van der Waals surface area contributed by atoms with Gasteiger partial charge in [-0.05, 0) is 57.6 Å². The lowest BCUT2D eigenvalue weighted by molar-refractivity contribution is 0.329. The minimum atomic E-state index is -0.158. The average molecular weight is 554 g/mol. The molecule has 0 saturated carbocycles. The minimum absolute atomic E-state index is 0.0171. The molecule has 0 spiro atoms. The van der Waals surface area contributed by atoms with Crippen LogP contribution in [-0.2, 0) is 17.4 Å². The zero-order valence-electron chi connectivity index (χ0n) is 19.6. The zero-order chi connectivity index (χ0) is 23.6. The summed E-state index contributed by atoms with van der Waals surface area (Å²) in [7, 11) is 2.00. The predicted octanol–water partition coefficient (Wildman–Crippen LogP) is 6.77. The van der Waals surface area contributed by atoms with E-state index in [0.29, 0.717) is 23.3 Å². The smallest absolute Gasteiger partial charge is 0.134 e. The van der Waals surface area contributed by atoms with Crippen LogP contribution in [0.2, 0.25) is 0 Å². The SMILES string of the molecule is CN(CCN=Cc1cc(C(C)(C)C)cc(C(C)(C)C)c1O)Cc1cc(Br)cc(Br)c1O. The fraction of sp³-hybridized carbons (Fsp3) is 0.480. The molecule has 0 heterocycles. The number of hydrogen-bond donors (Lipinski definition) is 2. The number of aliphatic imine (C=N–C) groups is 1. The van der Waals surface area contributed by atoms with Crippen LogP contribution in [0.3, 0.4) is 0 Å². The minimum Gasteiger partial charge on any atom is -0.507 e. The molecule has 170 valence electrons. The van der Waals surface area contributed by atoms with E-state index in [-0.39, 0.29) is 16.6 Å². The molecule has 2 rings (SSSR count). The maximum atomic E-state index is 10.9. The van der Waals surface area contributed by atoms with Gasteiger partial charge in [0.05, 0.1) is 11.0 Å².